The quantitative estimate of drug-likeness (QED) is 0.234. The second-order valence-electron chi connectivity index (χ2n) is 11.5. The largest absolute Gasteiger partial charge is 0.507 e. The average Bonchev–Trinajstić information content (AvgIpc) is 3.17. The number of ketones is 1. The number of aliphatic hydroxyl groups excluding tert-OH is 1. The van der Waals surface area contributed by atoms with Crippen LogP contribution < -0.4 is 10.2 Å². The number of carbonyl (C=O) groups excluding carboxylic acids is 3. The van der Waals surface area contributed by atoms with E-state index in [1.807, 2.05) is 42.5 Å². The predicted octanol–water partition coefficient (Wildman–Crippen LogP) is 6.45. The number of aliphatic hydroxyl groups is 1. The number of nitrogens with one attached hydrogen (secondary N) is 1. The van der Waals surface area contributed by atoms with Crippen molar-refractivity contribution in [1.82, 2.24) is 0 Å². The summed E-state index contributed by atoms with van der Waals surface area (Å²) in [5.41, 5.74) is 5.77. The Labute approximate surface area is 229 Å². The van der Waals surface area contributed by atoms with Crippen LogP contribution in [0, 0.1) is 0 Å². The highest BCUT2D eigenvalue weighted by atomic mass is 16.3. The van der Waals surface area contributed by atoms with E-state index in [0.717, 1.165) is 31.2 Å². The fraction of sp³-hybridized carbons (Fsp3) is 0.303. The summed E-state index contributed by atoms with van der Waals surface area (Å²) in [6.07, 6.45) is 4.17. The van der Waals surface area contributed by atoms with Gasteiger partial charge in [0.2, 0.25) is 5.91 Å². The van der Waals surface area contributed by atoms with Crippen molar-refractivity contribution in [3.63, 3.8) is 0 Å². The number of hydrogen-bond acceptors (Lipinski definition) is 4. The Balaban J connectivity index is 1.67. The first kappa shape index (κ1) is 26.4. The molecule has 0 radical (unpaired) electrons. The smallest absolute Gasteiger partial charge is 0.300 e. The predicted molar refractivity (Wildman–Crippen MR) is 154 cm³/mol. The van der Waals surface area contributed by atoms with Crippen molar-refractivity contribution >= 4 is 34.7 Å². The Morgan fingerprint density at radius 3 is 2.28 bits per heavy atom. The maximum atomic E-state index is 13.6. The van der Waals surface area contributed by atoms with Gasteiger partial charge in [-0.3, -0.25) is 19.3 Å². The van der Waals surface area contributed by atoms with Gasteiger partial charge >= 0.3 is 0 Å². The Hall–Kier alpha value is -4.19. The van der Waals surface area contributed by atoms with Crippen LogP contribution in [0.2, 0.25) is 0 Å². The number of benzene rings is 3. The number of amides is 2. The van der Waals surface area contributed by atoms with Gasteiger partial charge in [-0.15, -0.1) is 0 Å². The molecule has 6 heteroatoms. The molecule has 0 spiro atoms. The molecule has 1 saturated heterocycles. The molecule has 1 unspecified atom stereocenters. The van der Waals surface area contributed by atoms with Crippen molar-refractivity contribution in [1.29, 1.82) is 0 Å². The SMILES string of the molecule is CC(=O)Nc1cccc(N2C(=O)C(=O)/C(=C(\O)c3ccc4c(c3)CCCC4)C2c2ccc(C(C)(C)C)cc2)c1. The number of carbonyl (C=O) groups is 3. The van der Waals surface area contributed by atoms with Gasteiger partial charge in [0, 0.05) is 23.9 Å². The van der Waals surface area contributed by atoms with Crippen LogP contribution in [0.15, 0.2) is 72.3 Å². The zero-order valence-corrected chi connectivity index (χ0v) is 22.9. The molecule has 3 aromatic rings. The first-order chi connectivity index (χ1) is 18.5. The highest BCUT2D eigenvalue weighted by Gasteiger charge is 2.47. The molecule has 0 bridgehead atoms. The molecule has 2 N–H and O–H groups in total. The van der Waals surface area contributed by atoms with E-state index in [-0.39, 0.29) is 22.7 Å². The molecule has 1 aliphatic carbocycles. The molecule has 0 saturated carbocycles. The van der Waals surface area contributed by atoms with Crippen LogP contribution in [-0.4, -0.2) is 22.7 Å². The van der Waals surface area contributed by atoms with Crippen LogP contribution in [0.4, 0.5) is 11.4 Å². The van der Waals surface area contributed by atoms with Crippen molar-refractivity contribution in [2.45, 2.75) is 64.8 Å². The van der Waals surface area contributed by atoms with Gasteiger partial charge in [0.1, 0.15) is 5.76 Å². The molecule has 1 fully saturated rings. The van der Waals surface area contributed by atoms with Gasteiger partial charge in [0.25, 0.3) is 11.7 Å². The monoisotopic (exact) mass is 522 g/mol. The molecule has 1 aliphatic heterocycles. The number of hydrogen-bond donors (Lipinski definition) is 2. The van der Waals surface area contributed by atoms with Crippen LogP contribution in [-0.2, 0) is 32.6 Å². The molecular formula is C33H34N2O4. The van der Waals surface area contributed by atoms with Crippen molar-refractivity contribution in [2.24, 2.45) is 0 Å². The van der Waals surface area contributed by atoms with Crippen molar-refractivity contribution < 1.29 is 19.5 Å². The fourth-order valence-corrected chi connectivity index (χ4v) is 5.55. The summed E-state index contributed by atoms with van der Waals surface area (Å²) in [7, 11) is 0. The minimum Gasteiger partial charge on any atom is -0.507 e. The van der Waals surface area contributed by atoms with E-state index in [1.54, 1.807) is 24.3 Å². The molecule has 0 aromatic heterocycles. The van der Waals surface area contributed by atoms with Crippen LogP contribution in [0.25, 0.3) is 5.76 Å². The zero-order chi connectivity index (χ0) is 27.9. The standard InChI is InChI=1S/C33H34N2O4/c1-20(36)34-26-10-7-11-27(19-26)35-29(22-14-16-25(17-15-22)33(2,3)4)28(31(38)32(35)39)30(37)24-13-12-21-8-5-6-9-23(21)18-24/h7,10-19,29,37H,5-6,8-9H2,1-4H3,(H,34,36)/b30-28-. The first-order valence-corrected chi connectivity index (χ1v) is 13.5. The normalized spacial score (nSPS) is 18.7. The fourth-order valence-electron chi connectivity index (χ4n) is 5.55. The minimum absolute atomic E-state index is 0.0594. The van der Waals surface area contributed by atoms with Gasteiger partial charge < -0.3 is 10.4 Å². The van der Waals surface area contributed by atoms with Crippen LogP contribution in [0.3, 0.4) is 0 Å². The number of aryl methyl sites for hydroxylation is 2. The molecule has 200 valence electrons. The van der Waals surface area contributed by atoms with E-state index in [4.69, 9.17) is 0 Å². The lowest BCUT2D eigenvalue weighted by molar-refractivity contribution is -0.132. The van der Waals surface area contributed by atoms with Crippen molar-refractivity contribution in [2.75, 3.05) is 10.2 Å². The van der Waals surface area contributed by atoms with E-state index in [9.17, 15) is 19.5 Å². The molecule has 1 atom stereocenters. The van der Waals surface area contributed by atoms with Gasteiger partial charge in [-0.2, -0.15) is 0 Å². The lowest BCUT2D eigenvalue weighted by atomic mass is 9.85. The van der Waals surface area contributed by atoms with Crippen LogP contribution >= 0.6 is 0 Å². The molecular weight excluding hydrogens is 488 g/mol. The summed E-state index contributed by atoms with van der Waals surface area (Å²) >= 11 is 0. The number of Topliss-reactive ketones (excluding diaryl/α,β-unsaturated/α-hetero) is 1. The van der Waals surface area contributed by atoms with E-state index < -0.39 is 17.7 Å². The topological polar surface area (TPSA) is 86.7 Å². The molecule has 2 aliphatic rings. The second-order valence-corrected chi connectivity index (χ2v) is 11.5. The molecule has 6 nitrogen and oxygen atoms in total. The maximum absolute atomic E-state index is 13.6. The summed E-state index contributed by atoms with van der Waals surface area (Å²) in [4.78, 5) is 40.3. The second kappa shape index (κ2) is 10.2. The van der Waals surface area contributed by atoms with E-state index in [0.29, 0.717) is 22.5 Å². The summed E-state index contributed by atoms with van der Waals surface area (Å²) < 4.78 is 0. The first-order valence-electron chi connectivity index (χ1n) is 13.5. The van der Waals surface area contributed by atoms with Gasteiger partial charge in [-0.25, -0.2) is 0 Å². The van der Waals surface area contributed by atoms with Crippen molar-refractivity contribution in [3.8, 4) is 0 Å². The molecule has 2 amide bonds. The Bertz CT molecular complexity index is 1490. The third kappa shape index (κ3) is 5.11. The lowest BCUT2D eigenvalue weighted by Gasteiger charge is -2.27. The lowest BCUT2D eigenvalue weighted by Crippen LogP contribution is -2.29. The van der Waals surface area contributed by atoms with Gasteiger partial charge in [-0.05, 0) is 77.6 Å². The highest BCUT2D eigenvalue weighted by Crippen LogP contribution is 2.43. The number of rotatable bonds is 4. The maximum Gasteiger partial charge on any atom is 0.300 e. The Morgan fingerprint density at radius 2 is 1.62 bits per heavy atom. The highest BCUT2D eigenvalue weighted by molar-refractivity contribution is 6.51. The van der Waals surface area contributed by atoms with E-state index >= 15 is 0 Å². The third-order valence-electron chi connectivity index (χ3n) is 7.60. The molecule has 3 aromatic carbocycles. The van der Waals surface area contributed by atoms with E-state index in [2.05, 4.69) is 26.1 Å². The summed E-state index contributed by atoms with van der Waals surface area (Å²) in [6.45, 7) is 7.78. The third-order valence-corrected chi connectivity index (χ3v) is 7.60. The average molecular weight is 523 g/mol. The summed E-state index contributed by atoms with van der Waals surface area (Å²) in [5.74, 6) is -1.87. The zero-order valence-electron chi connectivity index (χ0n) is 22.9. The minimum atomic E-state index is -0.831. The Morgan fingerprint density at radius 1 is 0.923 bits per heavy atom. The van der Waals surface area contributed by atoms with Crippen molar-refractivity contribution in [3.05, 3.63) is 100 Å². The molecule has 39 heavy (non-hydrogen) atoms. The van der Waals surface area contributed by atoms with Gasteiger partial charge in [0.15, 0.2) is 0 Å². The van der Waals surface area contributed by atoms with Crippen LogP contribution in [0.1, 0.15) is 74.4 Å². The molecule has 5 rings (SSSR count). The number of fused-ring (bicyclic) bond motifs is 1. The Kier molecular flexibility index (Phi) is 6.89. The van der Waals surface area contributed by atoms with Gasteiger partial charge in [-0.1, -0.05) is 63.2 Å². The molecule has 1 heterocycles. The summed E-state index contributed by atoms with van der Waals surface area (Å²) in [5, 5.41) is 14.3. The number of nitrogens with zero attached hydrogens (tertiary/aromatic N) is 1. The number of anilines is 2. The van der Waals surface area contributed by atoms with Gasteiger partial charge in [0.05, 0.1) is 11.6 Å². The summed E-state index contributed by atoms with van der Waals surface area (Å²) in [6, 6.07) is 19.7. The van der Waals surface area contributed by atoms with Crippen LogP contribution in [0.5, 0.6) is 0 Å². The van der Waals surface area contributed by atoms with E-state index in [1.165, 1.54) is 23.0 Å².